The molecular weight excluding hydrogens is 326 g/mol. The highest BCUT2D eigenvalue weighted by Gasteiger charge is 2.19. The van der Waals surface area contributed by atoms with E-state index < -0.39 is 20.5 Å². The van der Waals surface area contributed by atoms with Crippen molar-refractivity contribution in [3.8, 4) is 5.75 Å². The first-order valence-corrected chi connectivity index (χ1v) is 11.0. The van der Waals surface area contributed by atoms with Crippen LogP contribution in [0.3, 0.4) is 0 Å². The van der Waals surface area contributed by atoms with Gasteiger partial charge in [0.05, 0.1) is 12.1 Å². The van der Waals surface area contributed by atoms with Gasteiger partial charge >= 0.3 is 0 Å². The molecule has 0 aliphatic rings. The summed E-state index contributed by atoms with van der Waals surface area (Å²) in [4.78, 5) is 0. The van der Waals surface area contributed by atoms with Gasteiger partial charge in [0.15, 0.2) is 0 Å². The monoisotopic (exact) mass is 351 g/mol. The summed E-state index contributed by atoms with van der Waals surface area (Å²) >= 11 is 0. The molecule has 0 aliphatic carbocycles. The average Bonchev–Trinajstić information content (AvgIpc) is 2.46. The Morgan fingerprint density at radius 2 is 1.57 bits per heavy atom. The first kappa shape index (κ1) is 19.7. The number of halogens is 1. The molecule has 2 aromatic rings. The molecule has 2 atom stereocenters. The zero-order chi connectivity index (χ0) is 16.2. The fraction of sp³-hybridized carbons (Fsp3) is 0.333. The highest BCUT2D eigenvalue weighted by atomic mass is 35.5. The Morgan fingerprint density at radius 3 is 2.09 bits per heavy atom. The van der Waals surface area contributed by atoms with E-state index >= 15 is 0 Å². The molecule has 0 radical (unpaired) electrons. The van der Waals surface area contributed by atoms with Crippen molar-refractivity contribution in [2.75, 3.05) is 0 Å². The molecule has 0 saturated heterocycles. The average molecular weight is 352 g/mol. The van der Waals surface area contributed by atoms with Crippen molar-refractivity contribution in [2.24, 2.45) is 5.73 Å². The van der Waals surface area contributed by atoms with E-state index in [4.69, 9.17) is 10.2 Å². The fourth-order valence-electron chi connectivity index (χ4n) is 2.32. The summed E-state index contributed by atoms with van der Waals surface area (Å²) in [6, 6.07) is 17.2. The topological polar surface area (TPSA) is 55.5 Å². The quantitative estimate of drug-likeness (QED) is 0.775. The van der Waals surface area contributed by atoms with Crippen LogP contribution in [0.1, 0.15) is 17.2 Å². The van der Waals surface area contributed by atoms with Crippen molar-refractivity contribution < 1.29 is 9.53 Å². The molecule has 23 heavy (non-hydrogen) atoms. The van der Waals surface area contributed by atoms with Crippen molar-refractivity contribution in [1.82, 2.24) is 0 Å². The molecule has 3 N–H and O–H groups in total. The maximum Gasteiger partial charge on any atom is 0.242 e. The molecule has 0 heterocycles. The van der Waals surface area contributed by atoms with E-state index in [0.717, 1.165) is 16.9 Å². The number of aliphatic hydroxyl groups excluding tert-OH is 1. The molecule has 2 rings (SSSR count). The van der Waals surface area contributed by atoms with Gasteiger partial charge in [0.2, 0.25) is 8.32 Å². The Bertz CT molecular complexity index is 584. The first-order chi connectivity index (χ1) is 10.3. The standard InChI is InChI=1S/C18H25NO2Si.ClH/c1-22(2,3)21-16-11-9-15(10-12-16)18(19)17(20)13-14-7-5-4-6-8-14;/h4-12,17-18,20H,13,19H2,1-3H3;1H/t17-,18+;/m1./s1. The third-order valence-electron chi connectivity index (χ3n) is 3.39. The lowest BCUT2D eigenvalue weighted by atomic mass is 9.97. The summed E-state index contributed by atoms with van der Waals surface area (Å²) in [6.45, 7) is 6.45. The van der Waals surface area contributed by atoms with Gasteiger partial charge in [-0.05, 0) is 42.9 Å². The molecule has 126 valence electrons. The van der Waals surface area contributed by atoms with E-state index in [1.165, 1.54) is 0 Å². The Morgan fingerprint density at radius 1 is 1.00 bits per heavy atom. The predicted molar refractivity (Wildman–Crippen MR) is 101 cm³/mol. The van der Waals surface area contributed by atoms with Crippen molar-refractivity contribution >= 4 is 20.7 Å². The minimum atomic E-state index is -1.60. The summed E-state index contributed by atoms with van der Waals surface area (Å²) in [6.07, 6.45) is -0.0547. The van der Waals surface area contributed by atoms with E-state index in [9.17, 15) is 5.11 Å². The highest BCUT2D eigenvalue weighted by Crippen LogP contribution is 2.22. The zero-order valence-electron chi connectivity index (χ0n) is 13.9. The van der Waals surface area contributed by atoms with Crippen LogP contribution in [-0.4, -0.2) is 19.5 Å². The second-order valence-electron chi connectivity index (χ2n) is 6.57. The molecule has 0 aromatic heterocycles. The molecule has 0 saturated carbocycles. The van der Waals surface area contributed by atoms with E-state index in [0.29, 0.717) is 6.42 Å². The maximum atomic E-state index is 10.3. The number of aliphatic hydroxyl groups is 1. The maximum absolute atomic E-state index is 10.3. The van der Waals surface area contributed by atoms with Crippen molar-refractivity contribution in [3.05, 3.63) is 65.7 Å². The summed E-state index contributed by atoms with van der Waals surface area (Å²) in [7, 11) is -1.60. The Labute approximate surface area is 146 Å². The molecule has 0 spiro atoms. The van der Waals surface area contributed by atoms with E-state index in [2.05, 4.69) is 19.6 Å². The van der Waals surface area contributed by atoms with Gasteiger partial charge in [0, 0.05) is 6.42 Å². The predicted octanol–water partition coefficient (Wildman–Crippen LogP) is 3.93. The van der Waals surface area contributed by atoms with Gasteiger partial charge in [0.1, 0.15) is 5.75 Å². The Kier molecular flexibility index (Phi) is 7.29. The minimum absolute atomic E-state index is 0. The Hall–Kier alpha value is -1.33. The summed E-state index contributed by atoms with van der Waals surface area (Å²) < 4.78 is 5.93. The largest absolute Gasteiger partial charge is 0.544 e. The van der Waals surface area contributed by atoms with Gasteiger partial charge in [-0.1, -0.05) is 42.5 Å². The van der Waals surface area contributed by atoms with Crippen LogP contribution >= 0.6 is 12.4 Å². The summed E-state index contributed by atoms with van der Waals surface area (Å²) in [5, 5.41) is 10.3. The number of hydrogen-bond acceptors (Lipinski definition) is 3. The molecule has 0 fully saturated rings. The molecule has 0 amide bonds. The van der Waals surface area contributed by atoms with Crippen LogP contribution in [0.5, 0.6) is 5.75 Å². The van der Waals surface area contributed by atoms with Crippen LogP contribution in [0.4, 0.5) is 0 Å². The van der Waals surface area contributed by atoms with Crippen molar-refractivity contribution in [3.63, 3.8) is 0 Å². The van der Waals surface area contributed by atoms with Crippen LogP contribution in [0, 0.1) is 0 Å². The van der Waals surface area contributed by atoms with Crippen molar-refractivity contribution in [1.29, 1.82) is 0 Å². The van der Waals surface area contributed by atoms with Crippen LogP contribution in [0.2, 0.25) is 19.6 Å². The van der Waals surface area contributed by atoms with E-state index in [-0.39, 0.29) is 12.4 Å². The van der Waals surface area contributed by atoms with Gasteiger partial charge in [-0.2, -0.15) is 0 Å². The summed E-state index contributed by atoms with van der Waals surface area (Å²) in [5.74, 6) is 0.868. The zero-order valence-corrected chi connectivity index (χ0v) is 15.7. The molecule has 0 bridgehead atoms. The van der Waals surface area contributed by atoms with Gasteiger partial charge in [0.25, 0.3) is 0 Å². The molecule has 3 nitrogen and oxygen atoms in total. The van der Waals surface area contributed by atoms with E-state index in [1.807, 2.05) is 54.6 Å². The van der Waals surface area contributed by atoms with Gasteiger partial charge < -0.3 is 15.3 Å². The smallest absolute Gasteiger partial charge is 0.242 e. The number of hydrogen-bond donors (Lipinski definition) is 2. The number of benzene rings is 2. The number of rotatable bonds is 6. The summed E-state index contributed by atoms with van der Waals surface area (Å²) in [5.41, 5.74) is 8.19. The van der Waals surface area contributed by atoms with Gasteiger partial charge in [-0.15, -0.1) is 12.4 Å². The molecular formula is C18H26ClNO2Si. The molecule has 0 unspecified atom stereocenters. The van der Waals surface area contributed by atoms with Crippen molar-refractivity contribution in [2.45, 2.75) is 38.2 Å². The minimum Gasteiger partial charge on any atom is -0.544 e. The van der Waals surface area contributed by atoms with Crippen LogP contribution in [-0.2, 0) is 6.42 Å². The Balaban J connectivity index is 0.00000264. The lowest BCUT2D eigenvalue weighted by molar-refractivity contribution is 0.145. The SMILES string of the molecule is C[Si](C)(C)Oc1ccc([C@H](N)[C@H](O)Cc2ccccc2)cc1.Cl. The van der Waals surface area contributed by atoms with Crippen LogP contribution in [0.15, 0.2) is 54.6 Å². The third kappa shape index (κ3) is 6.35. The van der Waals surface area contributed by atoms with Gasteiger partial charge in [-0.3, -0.25) is 0 Å². The second kappa shape index (κ2) is 8.50. The lowest BCUT2D eigenvalue weighted by Crippen LogP contribution is -2.29. The fourth-order valence-corrected chi connectivity index (χ4v) is 3.16. The molecule has 0 aliphatic heterocycles. The second-order valence-corrected chi connectivity index (χ2v) is 11.0. The normalized spacial score (nSPS) is 13.8. The molecule has 5 heteroatoms. The first-order valence-electron chi connectivity index (χ1n) is 7.62. The molecule has 2 aromatic carbocycles. The van der Waals surface area contributed by atoms with Crippen LogP contribution < -0.4 is 10.2 Å². The third-order valence-corrected chi connectivity index (χ3v) is 4.24. The van der Waals surface area contributed by atoms with Crippen LogP contribution in [0.25, 0.3) is 0 Å². The number of nitrogens with two attached hydrogens (primary N) is 1. The van der Waals surface area contributed by atoms with E-state index in [1.54, 1.807) is 0 Å². The van der Waals surface area contributed by atoms with Gasteiger partial charge in [-0.25, -0.2) is 0 Å². The lowest BCUT2D eigenvalue weighted by Gasteiger charge is -2.22. The highest BCUT2D eigenvalue weighted by molar-refractivity contribution is 6.70.